The Morgan fingerprint density at radius 1 is 1.35 bits per heavy atom. The number of rotatable bonds is 7. The van der Waals surface area contributed by atoms with Crippen molar-refractivity contribution < 1.29 is 14.3 Å². The quantitative estimate of drug-likeness (QED) is 0.333. The van der Waals surface area contributed by atoms with Gasteiger partial charge in [-0.2, -0.15) is 0 Å². The summed E-state index contributed by atoms with van der Waals surface area (Å²) >= 11 is 4.71. The van der Waals surface area contributed by atoms with Gasteiger partial charge in [0.25, 0.3) is 5.56 Å². The first-order valence-corrected chi connectivity index (χ1v) is 8.53. The molecule has 0 aliphatic heterocycles. The Hall–Kier alpha value is -1.80. The zero-order chi connectivity index (χ0) is 16.7. The second-order valence-corrected chi connectivity index (χ2v) is 6.44. The van der Waals surface area contributed by atoms with Crippen molar-refractivity contribution in [3.8, 4) is 5.75 Å². The number of carbonyl (C=O) groups is 1. The van der Waals surface area contributed by atoms with Crippen LogP contribution in [-0.4, -0.2) is 35.4 Å². The minimum absolute atomic E-state index is 0.0244. The molecule has 0 saturated carbocycles. The summed E-state index contributed by atoms with van der Waals surface area (Å²) < 4.78 is 11.1. The number of carbonyl (C=O) groups excluding carboxylic acids is 1. The van der Waals surface area contributed by atoms with Gasteiger partial charge in [-0.05, 0) is 24.3 Å². The highest BCUT2D eigenvalue weighted by Crippen LogP contribution is 2.17. The van der Waals surface area contributed by atoms with E-state index in [-0.39, 0.29) is 12.0 Å². The highest BCUT2D eigenvalue weighted by molar-refractivity contribution is 9.10. The summed E-state index contributed by atoms with van der Waals surface area (Å²) in [5.74, 6) is 0.952. The third-order valence-corrected chi connectivity index (χ3v) is 4.10. The first kappa shape index (κ1) is 17.6. The second kappa shape index (κ2) is 8.73. The van der Waals surface area contributed by atoms with Crippen LogP contribution in [0.4, 0.5) is 0 Å². The van der Waals surface area contributed by atoms with Crippen molar-refractivity contribution in [2.45, 2.75) is 11.6 Å². The Labute approximate surface area is 145 Å². The first-order valence-electron chi connectivity index (χ1n) is 6.75. The minimum atomic E-state index is -0.433. The van der Waals surface area contributed by atoms with Crippen molar-refractivity contribution in [2.75, 3.05) is 19.5 Å². The predicted molar refractivity (Wildman–Crippen MR) is 90.9 cm³/mol. The summed E-state index contributed by atoms with van der Waals surface area (Å²) in [6.45, 7) is 0.469. The van der Waals surface area contributed by atoms with Gasteiger partial charge in [-0.25, -0.2) is 4.98 Å². The van der Waals surface area contributed by atoms with E-state index >= 15 is 0 Å². The van der Waals surface area contributed by atoms with Gasteiger partial charge in [0.1, 0.15) is 5.75 Å². The van der Waals surface area contributed by atoms with Crippen molar-refractivity contribution in [3.63, 3.8) is 0 Å². The Kier molecular flexibility index (Phi) is 6.66. The lowest BCUT2D eigenvalue weighted by Gasteiger charge is -2.06. The topological polar surface area (TPSA) is 81.3 Å². The van der Waals surface area contributed by atoms with E-state index in [0.29, 0.717) is 23.2 Å². The van der Waals surface area contributed by atoms with E-state index in [1.165, 1.54) is 24.9 Å². The van der Waals surface area contributed by atoms with Crippen LogP contribution in [0, 0.1) is 0 Å². The van der Waals surface area contributed by atoms with Gasteiger partial charge in [-0.3, -0.25) is 9.59 Å². The number of benzene rings is 1. The van der Waals surface area contributed by atoms with Gasteiger partial charge in [-0.15, -0.1) is 0 Å². The number of nitrogens with zero attached hydrogens (tertiary/aromatic N) is 1. The lowest BCUT2D eigenvalue weighted by Crippen LogP contribution is -2.14. The van der Waals surface area contributed by atoms with Crippen molar-refractivity contribution >= 4 is 33.7 Å². The molecule has 1 N–H and O–H groups in total. The van der Waals surface area contributed by atoms with Crippen molar-refractivity contribution in [2.24, 2.45) is 0 Å². The summed E-state index contributed by atoms with van der Waals surface area (Å²) in [7, 11) is 1.30. The summed E-state index contributed by atoms with van der Waals surface area (Å²) in [5, 5.41) is 0.454. The third-order valence-electron chi connectivity index (χ3n) is 2.73. The fraction of sp³-hybridized carbons (Fsp3) is 0.267. The average Bonchev–Trinajstić information content (AvgIpc) is 2.52. The van der Waals surface area contributed by atoms with Crippen LogP contribution in [-0.2, 0) is 16.0 Å². The highest BCUT2D eigenvalue weighted by Gasteiger charge is 2.07. The standard InChI is InChI=1S/C15H15BrN2O4S/c1-21-14(20)9-11-8-13(19)18-15(17-11)23-7-6-22-12-4-2-10(16)3-5-12/h2-5,8H,6-7,9H2,1H3,(H,17,18,19). The van der Waals surface area contributed by atoms with Crippen molar-refractivity contribution in [1.82, 2.24) is 9.97 Å². The molecule has 1 aromatic carbocycles. The molecule has 2 rings (SSSR count). The van der Waals surface area contributed by atoms with Gasteiger partial charge in [0.05, 0.1) is 25.8 Å². The number of halogens is 1. The minimum Gasteiger partial charge on any atom is -0.493 e. The maximum atomic E-state index is 11.6. The molecule has 0 unspecified atom stereocenters. The van der Waals surface area contributed by atoms with Crippen LogP contribution in [0.5, 0.6) is 5.75 Å². The van der Waals surface area contributed by atoms with Crippen LogP contribution in [0.3, 0.4) is 0 Å². The van der Waals surface area contributed by atoms with Gasteiger partial charge in [0.15, 0.2) is 5.16 Å². The van der Waals surface area contributed by atoms with Crippen LogP contribution in [0.15, 0.2) is 44.8 Å². The van der Waals surface area contributed by atoms with E-state index in [0.717, 1.165) is 10.2 Å². The molecule has 2 aromatic rings. The molecular weight excluding hydrogens is 384 g/mol. The summed E-state index contributed by atoms with van der Waals surface area (Å²) in [6.07, 6.45) is -0.0244. The fourth-order valence-corrected chi connectivity index (χ4v) is 2.67. The zero-order valence-electron chi connectivity index (χ0n) is 12.4. The molecular formula is C15H15BrN2O4S. The Bertz CT molecular complexity index is 718. The van der Waals surface area contributed by atoms with E-state index in [2.05, 4.69) is 30.6 Å². The van der Waals surface area contributed by atoms with Crippen molar-refractivity contribution in [3.05, 3.63) is 50.9 Å². The molecule has 0 aliphatic rings. The fourth-order valence-electron chi connectivity index (χ4n) is 1.69. The molecule has 0 radical (unpaired) electrons. The van der Waals surface area contributed by atoms with Gasteiger partial charge in [0, 0.05) is 16.3 Å². The van der Waals surface area contributed by atoms with Crippen LogP contribution < -0.4 is 10.3 Å². The smallest absolute Gasteiger partial charge is 0.311 e. The SMILES string of the molecule is COC(=O)Cc1cc(=O)[nH]c(SCCOc2ccc(Br)cc2)n1. The van der Waals surface area contributed by atoms with Gasteiger partial charge in [0.2, 0.25) is 0 Å². The maximum Gasteiger partial charge on any atom is 0.311 e. The molecule has 0 atom stereocenters. The molecule has 0 bridgehead atoms. The van der Waals surface area contributed by atoms with Crippen LogP contribution in [0.2, 0.25) is 0 Å². The number of ether oxygens (including phenoxy) is 2. The molecule has 8 heteroatoms. The number of esters is 1. The number of H-pyrrole nitrogens is 1. The van der Waals surface area contributed by atoms with Gasteiger partial charge >= 0.3 is 5.97 Å². The summed E-state index contributed by atoms with van der Waals surface area (Å²) in [4.78, 5) is 29.7. The molecule has 1 aromatic heterocycles. The maximum absolute atomic E-state index is 11.6. The van der Waals surface area contributed by atoms with Gasteiger partial charge < -0.3 is 14.5 Å². The molecule has 6 nitrogen and oxygen atoms in total. The number of aromatic amines is 1. The summed E-state index contributed by atoms with van der Waals surface area (Å²) in [6, 6.07) is 8.83. The zero-order valence-corrected chi connectivity index (χ0v) is 14.8. The lowest BCUT2D eigenvalue weighted by molar-refractivity contribution is -0.139. The number of aromatic nitrogens is 2. The van der Waals surface area contributed by atoms with Crippen LogP contribution in [0.1, 0.15) is 5.69 Å². The number of nitrogens with one attached hydrogen (secondary N) is 1. The lowest BCUT2D eigenvalue weighted by atomic mass is 10.3. The Morgan fingerprint density at radius 3 is 2.78 bits per heavy atom. The van der Waals surface area contributed by atoms with Crippen LogP contribution in [0.25, 0.3) is 0 Å². The Balaban J connectivity index is 1.86. The number of hydrogen-bond donors (Lipinski definition) is 1. The number of methoxy groups -OCH3 is 1. The molecule has 0 spiro atoms. The first-order chi connectivity index (χ1) is 11.1. The normalized spacial score (nSPS) is 10.3. The Morgan fingerprint density at radius 2 is 2.09 bits per heavy atom. The molecule has 0 amide bonds. The highest BCUT2D eigenvalue weighted by atomic mass is 79.9. The molecule has 122 valence electrons. The summed E-state index contributed by atoms with van der Waals surface area (Å²) in [5.41, 5.74) is 0.0900. The largest absolute Gasteiger partial charge is 0.493 e. The molecule has 0 fully saturated rings. The number of thioether (sulfide) groups is 1. The molecule has 0 aliphatic carbocycles. The van der Waals surface area contributed by atoms with Crippen LogP contribution >= 0.6 is 27.7 Å². The average molecular weight is 399 g/mol. The molecule has 1 heterocycles. The van der Waals surface area contributed by atoms with E-state index < -0.39 is 5.97 Å². The van der Waals surface area contributed by atoms with E-state index in [1.807, 2.05) is 24.3 Å². The molecule has 23 heavy (non-hydrogen) atoms. The predicted octanol–water partition coefficient (Wildman–Crippen LogP) is 2.42. The van der Waals surface area contributed by atoms with E-state index in [4.69, 9.17) is 4.74 Å². The number of hydrogen-bond acceptors (Lipinski definition) is 6. The second-order valence-electron chi connectivity index (χ2n) is 4.45. The molecule has 0 saturated heterocycles. The van der Waals surface area contributed by atoms with Gasteiger partial charge in [-0.1, -0.05) is 27.7 Å². The van der Waals surface area contributed by atoms with Crippen molar-refractivity contribution in [1.29, 1.82) is 0 Å². The van der Waals surface area contributed by atoms with E-state index in [1.54, 1.807) is 0 Å². The third kappa shape index (κ3) is 6.07. The monoisotopic (exact) mass is 398 g/mol. The van der Waals surface area contributed by atoms with E-state index in [9.17, 15) is 9.59 Å².